The van der Waals surface area contributed by atoms with Crippen LogP contribution in [0.15, 0.2) is 71.8 Å². The maximum absolute atomic E-state index is 6.18. The monoisotopic (exact) mass is 482 g/mol. The molecule has 0 radical (unpaired) electrons. The van der Waals surface area contributed by atoms with E-state index in [1.54, 1.807) is 36.5 Å². The van der Waals surface area contributed by atoms with Crippen LogP contribution < -0.4 is 10.7 Å². The van der Waals surface area contributed by atoms with Gasteiger partial charge in [-0.25, -0.2) is 5.43 Å². The Labute approximate surface area is 200 Å². The van der Waals surface area contributed by atoms with Crippen molar-refractivity contribution in [2.45, 2.75) is 6.92 Å². The predicted molar refractivity (Wildman–Crippen MR) is 132 cm³/mol. The molecule has 0 aliphatic heterocycles. The molecule has 0 aliphatic rings. The number of hydrogen-bond donors (Lipinski definition) is 2. The molecule has 0 atom stereocenters. The Morgan fingerprint density at radius 2 is 1.50 bits per heavy atom. The molecule has 1 aromatic heterocycles. The van der Waals surface area contributed by atoms with E-state index in [1.165, 1.54) is 5.56 Å². The van der Waals surface area contributed by atoms with Crippen molar-refractivity contribution in [1.82, 2.24) is 15.0 Å². The molecule has 4 rings (SSSR count). The van der Waals surface area contributed by atoms with Gasteiger partial charge in [-0.3, -0.25) is 0 Å². The van der Waals surface area contributed by atoms with E-state index in [2.05, 4.69) is 30.8 Å². The van der Waals surface area contributed by atoms with Gasteiger partial charge in [-0.05, 0) is 55.0 Å². The molecule has 160 valence electrons. The molecule has 0 saturated carbocycles. The zero-order valence-electron chi connectivity index (χ0n) is 16.9. The second kappa shape index (κ2) is 9.96. The Morgan fingerprint density at radius 1 is 0.781 bits per heavy atom. The third-order valence-electron chi connectivity index (χ3n) is 4.37. The van der Waals surface area contributed by atoms with Crippen LogP contribution in [0.1, 0.15) is 11.1 Å². The van der Waals surface area contributed by atoms with Crippen molar-refractivity contribution in [3.63, 3.8) is 0 Å². The van der Waals surface area contributed by atoms with Gasteiger partial charge in [0, 0.05) is 16.3 Å². The summed E-state index contributed by atoms with van der Waals surface area (Å²) < 4.78 is 0. The summed E-state index contributed by atoms with van der Waals surface area (Å²) in [6.45, 7) is 2.03. The number of rotatable bonds is 6. The quantitative estimate of drug-likeness (QED) is 0.228. The molecule has 4 aromatic rings. The van der Waals surface area contributed by atoms with E-state index >= 15 is 0 Å². The minimum atomic E-state index is 0.265. The fourth-order valence-electron chi connectivity index (χ4n) is 2.73. The number of nitrogens with zero attached hydrogens (tertiary/aromatic N) is 4. The second-order valence-corrected chi connectivity index (χ2v) is 8.10. The Morgan fingerprint density at radius 3 is 2.22 bits per heavy atom. The average molecular weight is 484 g/mol. The van der Waals surface area contributed by atoms with Gasteiger partial charge in [-0.2, -0.15) is 20.1 Å². The van der Waals surface area contributed by atoms with E-state index in [0.29, 0.717) is 32.4 Å². The summed E-state index contributed by atoms with van der Waals surface area (Å²) in [6, 6.07) is 20.4. The number of aromatic nitrogens is 3. The minimum Gasteiger partial charge on any atom is -0.324 e. The fraction of sp³-hybridized carbons (Fsp3) is 0.0435. The number of hydrazone groups is 1. The van der Waals surface area contributed by atoms with E-state index < -0.39 is 0 Å². The fourth-order valence-corrected chi connectivity index (χ4v) is 3.15. The molecule has 0 unspecified atom stereocenters. The van der Waals surface area contributed by atoms with E-state index in [0.717, 1.165) is 11.3 Å². The molecule has 32 heavy (non-hydrogen) atoms. The highest BCUT2D eigenvalue weighted by atomic mass is 35.5. The van der Waals surface area contributed by atoms with Crippen molar-refractivity contribution in [2.75, 3.05) is 10.7 Å². The van der Waals surface area contributed by atoms with Crippen LogP contribution in [0, 0.1) is 6.92 Å². The van der Waals surface area contributed by atoms with Crippen LogP contribution in [-0.4, -0.2) is 21.2 Å². The van der Waals surface area contributed by atoms with Gasteiger partial charge in [0.2, 0.25) is 11.9 Å². The first-order valence-electron chi connectivity index (χ1n) is 9.56. The third-order valence-corrected chi connectivity index (χ3v) is 5.36. The summed E-state index contributed by atoms with van der Waals surface area (Å²) in [6.07, 6.45) is 1.69. The summed E-state index contributed by atoms with van der Waals surface area (Å²) in [7, 11) is 0. The Kier molecular flexibility index (Phi) is 6.85. The number of benzene rings is 3. The van der Waals surface area contributed by atoms with Crippen LogP contribution in [-0.2, 0) is 0 Å². The van der Waals surface area contributed by atoms with Crippen molar-refractivity contribution < 1.29 is 0 Å². The van der Waals surface area contributed by atoms with Crippen molar-refractivity contribution in [1.29, 1.82) is 0 Å². The summed E-state index contributed by atoms with van der Waals surface area (Å²) in [5, 5.41) is 8.89. The minimum absolute atomic E-state index is 0.265. The van der Waals surface area contributed by atoms with Crippen LogP contribution >= 0.6 is 34.8 Å². The number of nitrogens with one attached hydrogen (secondary N) is 2. The van der Waals surface area contributed by atoms with Crippen molar-refractivity contribution in [3.05, 3.63) is 92.9 Å². The number of aryl methyl sites for hydroxylation is 1. The van der Waals surface area contributed by atoms with Gasteiger partial charge in [-0.1, -0.05) is 64.6 Å². The van der Waals surface area contributed by atoms with E-state index in [1.807, 2.05) is 43.3 Å². The highest BCUT2D eigenvalue weighted by Gasteiger charge is 2.11. The number of halogens is 3. The summed E-state index contributed by atoms with van der Waals surface area (Å²) in [4.78, 5) is 13.4. The maximum Gasteiger partial charge on any atom is 0.248 e. The zero-order chi connectivity index (χ0) is 22.5. The molecule has 3 aromatic carbocycles. The van der Waals surface area contributed by atoms with Crippen molar-refractivity contribution in [2.24, 2.45) is 5.10 Å². The first-order chi connectivity index (χ1) is 15.5. The highest BCUT2D eigenvalue weighted by molar-refractivity contribution is 6.42. The summed E-state index contributed by atoms with van der Waals surface area (Å²) >= 11 is 18.2. The largest absolute Gasteiger partial charge is 0.324 e. The third kappa shape index (κ3) is 5.73. The molecule has 1 heterocycles. The lowest BCUT2D eigenvalue weighted by Crippen LogP contribution is -2.05. The maximum atomic E-state index is 6.18. The predicted octanol–water partition coefficient (Wildman–Crippen LogP) is 7.00. The molecular formula is C23H17Cl3N6. The lowest BCUT2D eigenvalue weighted by Gasteiger charge is -2.09. The molecule has 0 bridgehead atoms. The van der Waals surface area contributed by atoms with Gasteiger partial charge in [0.15, 0.2) is 5.82 Å². The first kappa shape index (κ1) is 22.0. The van der Waals surface area contributed by atoms with Gasteiger partial charge in [0.25, 0.3) is 0 Å². The second-order valence-electron chi connectivity index (χ2n) is 6.85. The van der Waals surface area contributed by atoms with E-state index in [-0.39, 0.29) is 5.95 Å². The molecule has 9 heteroatoms. The van der Waals surface area contributed by atoms with Gasteiger partial charge < -0.3 is 5.32 Å². The average Bonchev–Trinajstić information content (AvgIpc) is 2.78. The van der Waals surface area contributed by atoms with Gasteiger partial charge in [0.1, 0.15) is 0 Å². The molecule has 0 spiro atoms. The SMILES string of the molecule is Cc1ccc(/C=N/Nc2nc(Nc3ccc(Cl)cc3)nc(-c3ccc(Cl)c(Cl)c3)n2)cc1. The van der Waals surface area contributed by atoms with Gasteiger partial charge >= 0.3 is 0 Å². The molecule has 2 N–H and O–H groups in total. The Balaban J connectivity index is 1.65. The smallest absolute Gasteiger partial charge is 0.248 e. The van der Waals surface area contributed by atoms with Gasteiger partial charge in [-0.15, -0.1) is 0 Å². The van der Waals surface area contributed by atoms with E-state index in [9.17, 15) is 0 Å². The van der Waals surface area contributed by atoms with Crippen molar-refractivity contribution >= 4 is 58.6 Å². The Bertz CT molecular complexity index is 1260. The van der Waals surface area contributed by atoms with Crippen LogP contribution in [0.25, 0.3) is 11.4 Å². The van der Waals surface area contributed by atoms with E-state index in [4.69, 9.17) is 34.8 Å². The summed E-state index contributed by atoms with van der Waals surface area (Å²) in [5.41, 5.74) is 6.45. The highest BCUT2D eigenvalue weighted by Crippen LogP contribution is 2.28. The van der Waals surface area contributed by atoms with Gasteiger partial charge in [0.05, 0.1) is 16.3 Å². The first-order valence-corrected chi connectivity index (χ1v) is 10.7. The number of hydrogen-bond acceptors (Lipinski definition) is 6. The summed E-state index contributed by atoms with van der Waals surface area (Å²) in [5.74, 6) is 1.00. The molecule has 0 saturated heterocycles. The number of anilines is 3. The van der Waals surface area contributed by atoms with Crippen molar-refractivity contribution in [3.8, 4) is 11.4 Å². The standard InChI is InChI=1S/C23H17Cl3N6/c1-14-2-4-15(5-3-14)13-27-32-23-30-21(16-6-11-19(25)20(26)12-16)29-22(31-23)28-18-9-7-17(24)8-10-18/h2-13H,1H3,(H2,28,29,30,31,32)/b27-13+. The zero-order valence-corrected chi connectivity index (χ0v) is 19.1. The van der Waals surface area contributed by atoms with Crippen LogP contribution in [0.2, 0.25) is 15.1 Å². The van der Waals surface area contributed by atoms with Crippen LogP contribution in [0.3, 0.4) is 0 Å². The molecular weight excluding hydrogens is 467 g/mol. The topological polar surface area (TPSA) is 75.1 Å². The normalized spacial score (nSPS) is 11.0. The lowest BCUT2D eigenvalue weighted by atomic mass is 10.2. The van der Waals surface area contributed by atoms with Crippen LogP contribution in [0.4, 0.5) is 17.6 Å². The van der Waals surface area contributed by atoms with Crippen LogP contribution in [0.5, 0.6) is 0 Å². The lowest BCUT2D eigenvalue weighted by molar-refractivity contribution is 1.04. The Hall–Kier alpha value is -3.19. The molecule has 6 nitrogen and oxygen atoms in total. The molecule has 0 amide bonds. The molecule has 0 aliphatic carbocycles. The molecule has 0 fully saturated rings.